The van der Waals surface area contributed by atoms with Crippen molar-refractivity contribution in [1.82, 2.24) is 5.32 Å². The molecule has 0 radical (unpaired) electrons. The molecule has 0 spiro atoms. The molecule has 0 aromatic heterocycles. The highest BCUT2D eigenvalue weighted by atomic mass is 35.5. The van der Waals surface area contributed by atoms with Gasteiger partial charge in [-0.15, -0.1) is 0 Å². The molecule has 0 amide bonds. The monoisotopic (exact) mass is 380 g/mol. The van der Waals surface area contributed by atoms with Gasteiger partial charge in [-0.2, -0.15) is 0 Å². The van der Waals surface area contributed by atoms with Crippen molar-refractivity contribution in [2.24, 2.45) is 5.73 Å². The minimum atomic E-state index is -1.18. The van der Waals surface area contributed by atoms with Gasteiger partial charge in [-0.05, 0) is 18.6 Å². The quantitative estimate of drug-likeness (QED) is 0.488. The Hall–Kier alpha value is -2.35. The average Bonchev–Trinajstić information content (AvgIpc) is 2.61. The summed E-state index contributed by atoms with van der Waals surface area (Å²) in [6, 6.07) is 6.80. The molecule has 7 nitrogen and oxygen atoms in total. The molecule has 1 unspecified atom stereocenters. The van der Waals surface area contributed by atoms with E-state index in [1.165, 1.54) is 7.11 Å². The SMILES string of the molecule is COC(=O)C1=C(C)NC(COCCN)=C(C(=O)O)C1c1ccccc1Cl. The molecule has 0 bridgehead atoms. The van der Waals surface area contributed by atoms with Crippen LogP contribution in [0.2, 0.25) is 5.02 Å². The molecule has 0 saturated heterocycles. The van der Waals surface area contributed by atoms with Crippen LogP contribution < -0.4 is 11.1 Å². The van der Waals surface area contributed by atoms with Crippen LogP contribution in [0.5, 0.6) is 0 Å². The molecule has 1 atom stereocenters. The number of ether oxygens (including phenoxy) is 2. The van der Waals surface area contributed by atoms with E-state index in [0.717, 1.165) is 0 Å². The largest absolute Gasteiger partial charge is 0.478 e. The average molecular weight is 381 g/mol. The Morgan fingerprint density at radius 3 is 2.58 bits per heavy atom. The molecule has 2 rings (SSSR count). The highest BCUT2D eigenvalue weighted by molar-refractivity contribution is 6.31. The van der Waals surface area contributed by atoms with Gasteiger partial charge in [0.2, 0.25) is 0 Å². The maximum atomic E-state index is 12.4. The predicted molar refractivity (Wildman–Crippen MR) is 96.6 cm³/mol. The first-order chi connectivity index (χ1) is 12.4. The van der Waals surface area contributed by atoms with E-state index >= 15 is 0 Å². The van der Waals surface area contributed by atoms with Crippen LogP contribution >= 0.6 is 11.6 Å². The zero-order valence-electron chi connectivity index (χ0n) is 14.5. The number of nitrogens with two attached hydrogens (primary N) is 1. The molecule has 8 heteroatoms. The van der Waals surface area contributed by atoms with Crippen LogP contribution in [0.4, 0.5) is 0 Å². The van der Waals surface area contributed by atoms with E-state index in [-0.39, 0.29) is 24.4 Å². The lowest BCUT2D eigenvalue weighted by molar-refractivity contribution is -0.136. The molecular weight excluding hydrogens is 360 g/mol. The normalized spacial score (nSPS) is 17.2. The summed E-state index contributed by atoms with van der Waals surface area (Å²) in [5.74, 6) is -2.69. The first kappa shape index (κ1) is 20.0. The molecule has 140 valence electrons. The third kappa shape index (κ3) is 4.07. The number of nitrogens with one attached hydrogen (secondary N) is 1. The molecule has 1 aromatic rings. The van der Waals surface area contributed by atoms with Crippen molar-refractivity contribution in [2.45, 2.75) is 12.8 Å². The molecule has 1 heterocycles. The van der Waals surface area contributed by atoms with E-state index in [0.29, 0.717) is 28.5 Å². The lowest BCUT2D eigenvalue weighted by Gasteiger charge is -2.31. The molecular formula is C18H21ClN2O5. The Morgan fingerprint density at radius 2 is 2.00 bits per heavy atom. The topological polar surface area (TPSA) is 111 Å². The van der Waals surface area contributed by atoms with E-state index in [9.17, 15) is 14.7 Å². The first-order valence-electron chi connectivity index (χ1n) is 7.97. The molecule has 1 aliphatic heterocycles. The van der Waals surface area contributed by atoms with Crippen LogP contribution in [0.1, 0.15) is 18.4 Å². The van der Waals surface area contributed by atoms with Gasteiger partial charge in [0.15, 0.2) is 0 Å². The fourth-order valence-corrected chi connectivity index (χ4v) is 3.17. The van der Waals surface area contributed by atoms with Gasteiger partial charge in [-0.25, -0.2) is 9.59 Å². The summed E-state index contributed by atoms with van der Waals surface area (Å²) in [4.78, 5) is 24.4. The lowest BCUT2D eigenvalue weighted by Crippen LogP contribution is -2.34. The second-order valence-corrected chi connectivity index (χ2v) is 6.06. The fourth-order valence-electron chi connectivity index (χ4n) is 2.92. The molecule has 0 saturated carbocycles. The van der Waals surface area contributed by atoms with E-state index in [4.69, 9.17) is 26.8 Å². The van der Waals surface area contributed by atoms with Crippen molar-refractivity contribution in [2.75, 3.05) is 26.9 Å². The van der Waals surface area contributed by atoms with Gasteiger partial charge < -0.3 is 25.6 Å². The molecule has 1 aliphatic rings. The number of benzene rings is 1. The minimum absolute atomic E-state index is 0.0129. The second-order valence-electron chi connectivity index (χ2n) is 5.65. The number of methoxy groups -OCH3 is 1. The van der Waals surface area contributed by atoms with Crippen LogP contribution in [0.15, 0.2) is 46.8 Å². The van der Waals surface area contributed by atoms with E-state index in [1.54, 1.807) is 31.2 Å². The van der Waals surface area contributed by atoms with Gasteiger partial charge in [0, 0.05) is 17.3 Å². The lowest BCUT2D eigenvalue weighted by atomic mass is 9.80. The van der Waals surface area contributed by atoms with Gasteiger partial charge in [-0.3, -0.25) is 0 Å². The number of carboxylic acid groups (broad SMARTS) is 1. The Kier molecular flexibility index (Phi) is 6.79. The number of carbonyl (C=O) groups is 2. The number of dihydropyridines is 1. The molecule has 26 heavy (non-hydrogen) atoms. The van der Waals surface area contributed by atoms with E-state index < -0.39 is 17.9 Å². The summed E-state index contributed by atoms with van der Waals surface area (Å²) < 4.78 is 10.3. The van der Waals surface area contributed by atoms with Crippen LogP contribution in [-0.4, -0.2) is 43.9 Å². The summed E-state index contributed by atoms with van der Waals surface area (Å²) in [7, 11) is 1.25. The maximum Gasteiger partial charge on any atom is 0.336 e. The number of carboxylic acids is 1. The number of allylic oxidation sites excluding steroid dienone is 1. The minimum Gasteiger partial charge on any atom is -0.478 e. The Labute approximate surface area is 156 Å². The summed E-state index contributed by atoms with van der Waals surface area (Å²) in [6.45, 7) is 2.29. The molecule has 4 N–H and O–H groups in total. The second kappa shape index (κ2) is 8.84. The third-order valence-corrected chi connectivity index (χ3v) is 4.35. The van der Waals surface area contributed by atoms with Crippen molar-refractivity contribution in [1.29, 1.82) is 0 Å². The van der Waals surface area contributed by atoms with Gasteiger partial charge in [0.25, 0.3) is 0 Å². The molecule has 1 aromatic carbocycles. The standard InChI is InChI=1S/C18H21ClN2O5/c1-10-14(18(24)25-2)15(11-5-3-4-6-12(11)19)16(17(22)23)13(21-10)9-26-8-7-20/h3-6,15,21H,7-9,20H2,1-2H3,(H,22,23). The molecule has 0 aliphatic carbocycles. The number of hydrogen-bond acceptors (Lipinski definition) is 6. The zero-order chi connectivity index (χ0) is 19.3. The number of aliphatic carboxylic acids is 1. The smallest absolute Gasteiger partial charge is 0.336 e. The van der Waals surface area contributed by atoms with Gasteiger partial charge >= 0.3 is 11.9 Å². The van der Waals surface area contributed by atoms with E-state index in [1.807, 2.05) is 0 Å². The Balaban J connectivity index is 2.64. The van der Waals surface area contributed by atoms with Crippen LogP contribution in [0, 0.1) is 0 Å². The van der Waals surface area contributed by atoms with Crippen molar-refractivity contribution in [3.05, 3.63) is 57.4 Å². The van der Waals surface area contributed by atoms with Gasteiger partial charge in [0.1, 0.15) is 0 Å². The Morgan fingerprint density at radius 1 is 1.31 bits per heavy atom. The van der Waals surface area contributed by atoms with E-state index in [2.05, 4.69) is 5.32 Å². The zero-order valence-corrected chi connectivity index (χ0v) is 15.3. The van der Waals surface area contributed by atoms with Gasteiger partial charge in [-0.1, -0.05) is 29.8 Å². The third-order valence-electron chi connectivity index (χ3n) is 4.01. The van der Waals surface area contributed by atoms with Crippen LogP contribution in [-0.2, 0) is 19.1 Å². The van der Waals surface area contributed by atoms with Crippen molar-refractivity contribution >= 4 is 23.5 Å². The molecule has 0 fully saturated rings. The van der Waals surface area contributed by atoms with Crippen molar-refractivity contribution in [3.63, 3.8) is 0 Å². The summed E-state index contributed by atoms with van der Waals surface area (Å²) in [5.41, 5.74) is 6.94. The number of esters is 1. The highest BCUT2D eigenvalue weighted by Gasteiger charge is 2.38. The highest BCUT2D eigenvalue weighted by Crippen LogP contribution is 2.41. The summed E-state index contributed by atoms with van der Waals surface area (Å²) in [6.07, 6.45) is 0. The first-order valence-corrected chi connectivity index (χ1v) is 8.34. The van der Waals surface area contributed by atoms with Crippen LogP contribution in [0.3, 0.4) is 0 Å². The number of hydrogen-bond donors (Lipinski definition) is 3. The van der Waals surface area contributed by atoms with Crippen LogP contribution in [0.25, 0.3) is 0 Å². The Bertz CT molecular complexity index is 773. The summed E-state index contributed by atoms with van der Waals surface area (Å²) in [5, 5.41) is 13.2. The van der Waals surface area contributed by atoms with Crippen molar-refractivity contribution < 1.29 is 24.2 Å². The van der Waals surface area contributed by atoms with Crippen molar-refractivity contribution in [3.8, 4) is 0 Å². The predicted octanol–water partition coefficient (Wildman–Crippen LogP) is 1.79. The number of halogens is 1. The van der Waals surface area contributed by atoms with Gasteiger partial charge in [0.05, 0.1) is 43.1 Å². The fraction of sp³-hybridized carbons (Fsp3) is 0.333. The summed E-state index contributed by atoms with van der Waals surface area (Å²) >= 11 is 6.30. The number of rotatable bonds is 7. The maximum absolute atomic E-state index is 12.4. The number of carbonyl (C=O) groups excluding carboxylic acids is 1.